The molecule has 1 atom stereocenters. The molecule has 3 N–H and O–H groups in total. The maximum absolute atomic E-state index is 11.8. The third kappa shape index (κ3) is 5.26. The lowest BCUT2D eigenvalue weighted by Crippen LogP contribution is -2.37. The number of benzene rings is 2. The van der Waals surface area contributed by atoms with Crippen LogP contribution in [0.1, 0.15) is 11.7 Å². The minimum absolute atomic E-state index is 0.0501. The summed E-state index contributed by atoms with van der Waals surface area (Å²) in [6.45, 7) is -0.0501. The van der Waals surface area contributed by atoms with Crippen molar-refractivity contribution >= 4 is 40.9 Å². The second-order valence-corrected chi connectivity index (χ2v) is 6.28. The van der Waals surface area contributed by atoms with Gasteiger partial charge in [0.15, 0.2) is 0 Å². The van der Waals surface area contributed by atoms with E-state index in [4.69, 9.17) is 11.6 Å². The summed E-state index contributed by atoms with van der Waals surface area (Å²) in [7, 11) is 0. The normalized spacial score (nSPS) is 11.6. The van der Waals surface area contributed by atoms with Gasteiger partial charge in [0.1, 0.15) is 0 Å². The molecule has 5 nitrogen and oxygen atoms in total. The number of thioether (sulfide) groups is 1. The molecule has 0 heterocycles. The van der Waals surface area contributed by atoms with Crippen LogP contribution in [0.2, 0.25) is 5.02 Å². The van der Waals surface area contributed by atoms with E-state index < -0.39 is 17.9 Å². The van der Waals surface area contributed by atoms with E-state index in [2.05, 4.69) is 10.6 Å². The number of amides is 2. The van der Waals surface area contributed by atoms with Gasteiger partial charge in [-0.1, -0.05) is 23.7 Å². The number of rotatable bonds is 5. The lowest BCUT2D eigenvalue weighted by atomic mass is 10.1. The van der Waals surface area contributed by atoms with Crippen molar-refractivity contribution in [2.45, 2.75) is 11.0 Å². The Labute approximate surface area is 149 Å². The fraction of sp³-hybridized carbons (Fsp3) is 0.176. The van der Waals surface area contributed by atoms with Gasteiger partial charge in [0.05, 0.1) is 6.10 Å². The van der Waals surface area contributed by atoms with Gasteiger partial charge in [-0.3, -0.25) is 9.59 Å². The molecule has 0 aliphatic carbocycles. The predicted octanol–water partition coefficient (Wildman–Crippen LogP) is 2.85. The summed E-state index contributed by atoms with van der Waals surface area (Å²) in [6, 6.07) is 13.8. The molecule has 2 rings (SSSR count). The van der Waals surface area contributed by atoms with Crippen LogP contribution in [0.4, 0.5) is 5.69 Å². The second kappa shape index (κ2) is 8.73. The summed E-state index contributed by atoms with van der Waals surface area (Å²) < 4.78 is 0. The quantitative estimate of drug-likeness (QED) is 0.563. The van der Waals surface area contributed by atoms with Crippen molar-refractivity contribution < 1.29 is 14.7 Å². The zero-order chi connectivity index (χ0) is 17.5. The predicted molar refractivity (Wildman–Crippen MR) is 96.3 cm³/mol. The fourth-order valence-electron chi connectivity index (χ4n) is 1.93. The molecule has 2 aromatic rings. The first-order valence-corrected chi connectivity index (χ1v) is 8.76. The highest BCUT2D eigenvalue weighted by molar-refractivity contribution is 7.98. The van der Waals surface area contributed by atoms with E-state index >= 15 is 0 Å². The lowest BCUT2D eigenvalue weighted by molar-refractivity contribution is -0.136. The minimum Gasteiger partial charge on any atom is -0.387 e. The van der Waals surface area contributed by atoms with E-state index in [1.807, 2.05) is 18.4 Å². The van der Waals surface area contributed by atoms with E-state index in [1.54, 1.807) is 48.2 Å². The van der Waals surface area contributed by atoms with Crippen molar-refractivity contribution in [1.29, 1.82) is 0 Å². The summed E-state index contributed by atoms with van der Waals surface area (Å²) in [5.74, 6) is -1.62. The van der Waals surface area contributed by atoms with Gasteiger partial charge < -0.3 is 15.7 Å². The topological polar surface area (TPSA) is 78.4 Å². The molecule has 7 heteroatoms. The SMILES string of the molecule is CSc1ccc(C(O)CNC(=O)C(=O)Nc2ccc(Cl)cc2)cc1. The van der Waals surface area contributed by atoms with Crippen LogP contribution in [0, 0.1) is 0 Å². The maximum Gasteiger partial charge on any atom is 0.313 e. The molecule has 1 unspecified atom stereocenters. The van der Waals surface area contributed by atoms with Crippen LogP contribution in [0.5, 0.6) is 0 Å². The molecule has 0 aliphatic heterocycles. The van der Waals surface area contributed by atoms with Crippen LogP contribution in [0.15, 0.2) is 53.4 Å². The smallest absolute Gasteiger partial charge is 0.313 e. The van der Waals surface area contributed by atoms with Crippen LogP contribution in [0.3, 0.4) is 0 Å². The molecule has 0 bridgehead atoms. The van der Waals surface area contributed by atoms with Crippen molar-refractivity contribution in [3.63, 3.8) is 0 Å². The summed E-state index contributed by atoms with van der Waals surface area (Å²) >= 11 is 7.35. The molecule has 0 saturated carbocycles. The van der Waals surface area contributed by atoms with E-state index in [0.717, 1.165) is 4.90 Å². The molecule has 0 radical (unpaired) electrons. The second-order valence-electron chi connectivity index (χ2n) is 4.96. The van der Waals surface area contributed by atoms with E-state index in [1.165, 1.54) is 0 Å². The number of anilines is 1. The molecule has 0 aromatic heterocycles. The monoisotopic (exact) mass is 364 g/mol. The molecule has 0 aliphatic rings. The molecule has 0 saturated heterocycles. The fourth-order valence-corrected chi connectivity index (χ4v) is 2.47. The van der Waals surface area contributed by atoms with Crippen LogP contribution >= 0.6 is 23.4 Å². The standard InChI is InChI=1S/C17H17ClN2O3S/c1-24-14-8-2-11(3-9-14)15(21)10-19-16(22)17(23)20-13-6-4-12(18)5-7-13/h2-9,15,21H,10H2,1H3,(H,19,22)(H,20,23). The minimum atomic E-state index is -0.881. The molecular formula is C17H17ClN2O3S. The number of nitrogens with one attached hydrogen (secondary N) is 2. The number of halogens is 1. The molecule has 0 fully saturated rings. The summed E-state index contributed by atoms with van der Waals surface area (Å²) in [6.07, 6.45) is 1.08. The average molecular weight is 365 g/mol. The Hall–Kier alpha value is -2.02. The number of aliphatic hydroxyl groups is 1. The highest BCUT2D eigenvalue weighted by Crippen LogP contribution is 2.18. The van der Waals surface area contributed by atoms with Crippen molar-refractivity contribution in [2.75, 3.05) is 18.1 Å². The Balaban J connectivity index is 1.84. The average Bonchev–Trinajstić information content (AvgIpc) is 2.61. The highest BCUT2D eigenvalue weighted by atomic mass is 35.5. The maximum atomic E-state index is 11.8. The number of carbonyl (C=O) groups excluding carboxylic acids is 2. The number of aliphatic hydroxyl groups excluding tert-OH is 1. The largest absolute Gasteiger partial charge is 0.387 e. The van der Waals surface area contributed by atoms with Crippen LogP contribution in [-0.4, -0.2) is 29.7 Å². The number of hydrogen-bond acceptors (Lipinski definition) is 4. The van der Waals surface area contributed by atoms with Gasteiger partial charge in [0.25, 0.3) is 0 Å². The Bertz CT molecular complexity index is 705. The zero-order valence-electron chi connectivity index (χ0n) is 13.0. The van der Waals surface area contributed by atoms with Crippen LogP contribution in [0.25, 0.3) is 0 Å². The zero-order valence-corrected chi connectivity index (χ0v) is 14.5. The molecule has 126 valence electrons. The molecular weight excluding hydrogens is 348 g/mol. The van der Waals surface area contributed by atoms with Gasteiger partial charge in [-0.2, -0.15) is 0 Å². The molecule has 2 amide bonds. The van der Waals surface area contributed by atoms with E-state index in [0.29, 0.717) is 16.3 Å². The molecule has 2 aromatic carbocycles. The first kappa shape index (κ1) is 18.3. The van der Waals surface area contributed by atoms with Gasteiger partial charge in [0, 0.05) is 22.2 Å². The van der Waals surface area contributed by atoms with Crippen LogP contribution in [-0.2, 0) is 9.59 Å². The van der Waals surface area contributed by atoms with Crippen molar-refractivity contribution in [3.05, 3.63) is 59.1 Å². The first-order valence-electron chi connectivity index (χ1n) is 7.16. The Morgan fingerprint density at radius 2 is 1.71 bits per heavy atom. The highest BCUT2D eigenvalue weighted by Gasteiger charge is 2.16. The Morgan fingerprint density at radius 3 is 2.29 bits per heavy atom. The van der Waals surface area contributed by atoms with Gasteiger partial charge in [-0.15, -0.1) is 11.8 Å². The van der Waals surface area contributed by atoms with Gasteiger partial charge in [-0.05, 0) is 48.2 Å². The van der Waals surface area contributed by atoms with Crippen LogP contribution < -0.4 is 10.6 Å². The van der Waals surface area contributed by atoms with Crippen molar-refractivity contribution in [3.8, 4) is 0 Å². The third-order valence-electron chi connectivity index (χ3n) is 3.26. The first-order chi connectivity index (χ1) is 11.5. The molecule has 24 heavy (non-hydrogen) atoms. The number of hydrogen-bond donors (Lipinski definition) is 3. The molecule has 0 spiro atoms. The van der Waals surface area contributed by atoms with E-state index in [-0.39, 0.29) is 6.54 Å². The number of carbonyl (C=O) groups is 2. The Morgan fingerprint density at radius 1 is 1.08 bits per heavy atom. The Kier molecular flexibility index (Phi) is 6.66. The van der Waals surface area contributed by atoms with Crippen molar-refractivity contribution in [1.82, 2.24) is 5.32 Å². The summed E-state index contributed by atoms with van der Waals surface area (Å²) in [4.78, 5) is 24.7. The summed E-state index contributed by atoms with van der Waals surface area (Å²) in [5, 5.41) is 15.5. The van der Waals surface area contributed by atoms with Gasteiger partial charge in [-0.25, -0.2) is 0 Å². The third-order valence-corrected chi connectivity index (χ3v) is 4.26. The van der Waals surface area contributed by atoms with Gasteiger partial charge in [0.2, 0.25) is 0 Å². The van der Waals surface area contributed by atoms with E-state index in [9.17, 15) is 14.7 Å². The lowest BCUT2D eigenvalue weighted by Gasteiger charge is -2.12. The van der Waals surface area contributed by atoms with Crippen molar-refractivity contribution in [2.24, 2.45) is 0 Å². The van der Waals surface area contributed by atoms with Gasteiger partial charge >= 0.3 is 11.8 Å². The summed E-state index contributed by atoms with van der Waals surface area (Å²) in [5.41, 5.74) is 1.14.